The number of benzene rings is 3. The first-order valence-corrected chi connectivity index (χ1v) is 9.09. The van der Waals surface area contributed by atoms with Crippen LogP contribution < -0.4 is 20.3 Å². The Hall–Kier alpha value is -3.87. The molecule has 7 heteroatoms. The number of carbonyl (C=O) groups excluding carboxylic acids is 2. The molecule has 3 amide bonds. The minimum Gasteiger partial charge on any atom is -0.455 e. The molecule has 6 nitrogen and oxygen atoms in total. The molecule has 29 heavy (non-hydrogen) atoms. The molecule has 0 aliphatic carbocycles. The third kappa shape index (κ3) is 4.19. The molecule has 0 bridgehead atoms. The van der Waals surface area contributed by atoms with Crippen LogP contribution in [-0.4, -0.2) is 25.0 Å². The molecule has 1 aliphatic rings. The number of ether oxygens (including phenoxy) is 1. The first kappa shape index (κ1) is 18.5. The van der Waals surface area contributed by atoms with Crippen molar-refractivity contribution in [2.24, 2.45) is 0 Å². The lowest BCUT2D eigenvalue weighted by atomic mass is 10.1. The topological polar surface area (TPSA) is 70.7 Å². The summed E-state index contributed by atoms with van der Waals surface area (Å²) in [5.41, 5.74) is 1.51. The average Bonchev–Trinajstić information content (AvgIpc) is 3.15. The van der Waals surface area contributed by atoms with Gasteiger partial charge in [0.15, 0.2) is 5.75 Å². The second-order valence-corrected chi connectivity index (χ2v) is 6.44. The zero-order valence-electron chi connectivity index (χ0n) is 15.4. The van der Waals surface area contributed by atoms with Crippen LogP contribution in [0.1, 0.15) is 10.4 Å². The van der Waals surface area contributed by atoms with Gasteiger partial charge in [-0.15, -0.1) is 0 Å². The van der Waals surface area contributed by atoms with Crippen LogP contribution in [0.3, 0.4) is 0 Å². The molecule has 1 fully saturated rings. The number of carbonyl (C=O) groups is 2. The van der Waals surface area contributed by atoms with Gasteiger partial charge in [-0.25, -0.2) is 9.18 Å². The Balaban J connectivity index is 1.54. The van der Waals surface area contributed by atoms with Gasteiger partial charge in [0, 0.05) is 30.4 Å². The van der Waals surface area contributed by atoms with Gasteiger partial charge in [0.2, 0.25) is 0 Å². The Labute approximate surface area is 166 Å². The van der Waals surface area contributed by atoms with Gasteiger partial charge < -0.3 is 15.4 Å². The van der Waals surface area contributed by atoms with Crippen LogP contribution in [0.2, 0.25) is 0 Å². The van der Waals surface area contributed by atoms with Crippen LogP contribution in [0.15, 0.2) is 72.8 Å². The molecule has 1 saturated heterocycles. The van der Waals surface area contributed by atoms with E-state index in [9.17, 15) is 14.0 Å². The fraction of sp³-hybridized carbons (Fsp3) is 0.0909. The van der Waals surface area contributed by atoms with E-state index in [0.717, 1.165) is 0 Å². The molecule has 2 N–H and O–H groups in total. The number of nitrogens with one attached hydrogen (secondary N) is 2. The van der Waals surface area contributed by atoms with Gasteiger partial charge >= 0.3 is 6.03 Å². The summed E-state index contributed by atoms with van der Waals surface area (Å²) in [7, 11) is 0. The summed E-state index contributed by atoms with van der Waals surface area (Å²) in [6.07, 6.45) is 0. The van der Waals surface area contributed by atoms with E-state index in [1.54, 1.807) is 65.6 Å². The van der Waals surface area contributed by atoms with Crippen molar-refractivity contribution in [3.63, 3.8) is 0 Å². The lowest BCUT2D eigenvalue weighted by Crippen LogP contribution is -2.27. The zero-order valence-corrected chi connectivity index (χ0v) is 15.4. The van der Waals surface area contributed by atoms with Gasteiger partial charge in [0.1, 0.15) is 11.6 Å². The van der Waals surface area contributed by atoms with Crippen molar-refractivity contribution >= 4 is 23.3 Å². The number of hydrogen-bond donors (Lipinski definition) is 2. The minimum atomic E-state index is -0.410. The Morgan fingerprint density at radius 1 is 1.03 bits per heavy atom. The highest BCUT2D eigenvalue weighted by atomic mass is 19.1. The van der Waals surface area contributed by atoms with Crippen molar-refractivity contribution in [2.45, 2.75) is 0 Å². The molecule has 1 aliphatic heterocycles. The highest BCUT2D eigenvalue weighted by Gasteiger charge is 2.22. The maximum atomic E-state index is 13.4. The van der Waals surface area contributed by atoms with Crippen molar-refractivity contribution in [3.8, 4) is 11.5 Å². The number of rotatable bonds is 5. The number of urea groups is 1. The summed E-state index contributed by atoms with van der Waals surface area (Å²) in [5.74, 6) is -0.0382. The number of hydrogen-bond acceptors (Lipinski definition) is 3. The molecule has 0 saturated carbocycles. The van der Waals surface area contributed by atoms with Crippen LogP contribution in [0.5, 0.6) is 11.5 Å². The maximum Gasteiger partial charge on any atom is 0.321 e. The molecule has 4 rings (SSSR count). The third-order valence-corrected chi connectivity index (χ3v) is 4.44. The lowest BCUT2D eigenvalue weighted by molar-refractivity contribution is 0.102. The van der Waals surface area contributed by atoms with Crippen molar-refractivity contribution in [3.05, 3.63) is 84.2 Å². The van der Waals surface area contributed by atoms with Crippen molar-refractivity contribution in [1.82, 2.24) is 5.32 Å². The van der Waals surface area contributed by atoms with Crippen LogP contribution in [0.25, 0.3) is 0 Å². The van der Waals surface area contributed by atoms with E-state index in [0.29, 0.717) is 41.5 Å². The first-order valence-electron chi connectivity index (χ1n) is 9.09. The van der Waals surface area contributed by atoms with Crippen LogP contribution >= 0.6 is 0 Å². The third-order valence-electron chi connectivity index (χ3n) is 4.44. The monoisotopic (exact) mass is 391 g/mol. The largest absolute Gasteiger partial charge is 0.455 e. The number of amides is 3. The smallest absolute Gasteiger partial charge is 0.321 e. The predicted octanol–water partition coefficient (Wildman–Crippen LogP) is 4.40. The number of anilines is 2. The van der Waals surface area contributed by atoms with E-state index in [1.807, 2.05) is 0 Å². The molecule has 3 aromatic carbocycles. The van der Waals surface area contributed by atoms with Crippen molar-refractivity contribution < 1.29 is 18.7 Å². The lowest BCUT2D eigenvalue weighted by Gasteiger charge is -2.16. The SMILES string of the molecule is O=C(Nc1ccccc1Oc1cccc(F)c1)c1cccc(N2CCNC2=O)c1. The van der Waals surface area contributed by atoms with Gasteiger partial charge in [-0.05, 0) is 42.5 Å². The predicted molar refractivity (Wildman–Crippen MR) is 108 cm³/mol. The molecule has 1 heterocycles. The van der Waals surface area contributed by atoms with E-state index in [-0.39, 0.29) is 11.9 Å². The zero-order chi connectivity index (χ0) is 20.2. The van der Waals surface area contributed by atoms with Crippen LogP contribution in [0.4, 0.5) is 20.6 Å². The van der Waals surface area contributed by atoms with Gasteiger partial charge in [-0.1, -0.05) is 24.3 Å². The Morgan fingerprint density at radius 3 is 2.66 bits per heavy atom. The van der Waals surface area contributed by atoms with Crippen molar-refractivity contribution in [2.75, 3.05) is 23.3 Å². The second kappa shape index (κ2) is 8.02. The quantitative estimate of drug-likeness (QED) is 0.677. The van der Waals surface area contributed by atoms with E-state index in [4.69, 9.17) is 4.74 Å². The van der Waals surface area contributed by atoms with Gasteiger partial charge in [0.25, 0.3) is 5.91 Å². The van der Waals surface area contributed by atoms with Crippen LogP contribution in [-0.2, 0) is 0 Å². The fourth-order valence-electron chi connectivity index (χ4n) is 3.04. The summed E-state index contributed by atoms with van der Waals surface area (Å²) < 4.78 is 19.1. The summed E-state index contributed by atoms with van der Waals surface area (Å²) in [6.45, 7) is 1.12. The van der Waals surface area contributed by atoms with Crippen molar-refractivity contribution in [1.29, 1.82) is 0 Å². The molecular formula is C22H18FN3O3. The maximum absolute atomic E-state index is 13.4. The summed E-state index contributed by atoms with van der Waals surface area (Å²) >= 11 is 0. The Bertz CT molecular complexity index is 1070. The second-order valence-electron chi connectivity index (χ2n) is 6.44. The van der Waals surface area contributed by atoms with Crippen LogP contribution in [0, 0.1) is 5.82 Å². The summed E-state index contributed by atoms with van der Waals surface area (Å²) in [4.78, 5) is 26.2. The number of para-hydroxylation sites is 2. The summed E-state index contributed by atoms with van der Waals surface area (Å²) in [5, 5.41) is 5.55. The van der Waals surface area contributed by atoms with E-state index < -0.39 is 5.82 Å². The molecule has 0 aromatic heterocycles. The molecule has 0 spiro atoms. The molecule has 0 atom stereocenters. The van der Waals surface area contributed by atoms with Gasteiger partial charge in [-0.2, -0.15) is 0 Å². The molecule has 0 radical (unpaired) electrons. The normalized spacial score (nSPS) is 13.1. The molecule has 3 aromatic rings. The Kier molecular flexibility index (Phi) is 5.11. The molecule has 146 valence electrons. The van der Waals surface area contributed by atoms with Gasteiger partial charge in [0.05, 0.1) is 5.69 Å². The standard InChI is InChI=1S/C22H18FN3O3/c23-16-6-4-8-18(14-16)29-20-10-2-1-9-19(20)25-21(27)15-5-3-7-17(13-15)26-12-11-24-22(26)28/h1-10,13-14H,11-12H2,(H,24,28)(H,25,27). The highest BCUT2D eigenvalue weighted by Crippen LogP contribution is 2.30. The highest BCUT2D eigenvalue weighted by molar-refractivity contribution is 6.06. The Morgan fingerprint density at radius 2 is 1.86 bits per heavy atom. The first-order chi connectivity index (χ1) is 14.1. The number of nitrogens with zero attached hydrogens (tertiary/aromatic N) is 1. The summed E-state index contributed by atoms with van der Waals surface area (Å²) in [6, 6.07) is 19.3. The van der Waals surface area contributed by atoms with E-state index >= 15 is 0 Å². The molecule has 0 unspecified atom stereocenters. The van der Waals surface area contributed by atoms with E-state index in [2.05, 4.69) is 10.6 Å². The minimum absolute atomic E-state index is 0.184. The van der Waals surface area contributed by atoms with Gasteiger partial charge in [-0.3, -0.25) is 9.69 Å². The average molecular weight is 391 g/mol. The fourth-order valence-corrected chi connectivity index (χ4v) is 3.04. The number of halogens is 1. The van der Waals surface area contributed by atoms with E-state index in [1.165, 1.54) is 12.1 Å². The molecular weight excluding hydrogens is 373 g/mol.